The van der Waals surface area contributed by atoms with Gasteiger partial charge in [0.1, 0.15) is 11.8 Å². The highest BCUT2D eigenvalue weighted by molar-refractivity contribution is 5.32. The lowest BCUT2D eigenvalue weighted by Crippen LogP contribution is -2.09. The van der Waals surface area contributed by atoms with Gasteiger partial charge in [-0.25, -0.2) is 9.97 Å². The third kappa shape index (κ3) is 3.01. The molecule has 0 atom stereocenters. The molecule has 0 fully saturated rings. The van der Waals surface area contributed by atoms with Crippen molar-refractivity contribution in [3.05, 3.63) is 29.2 Å². The molecule has 2 aromatic heterocycles. The summed E-state index contributed by atoms with van der Waals surface area (Å²) in [5.41, 5.74) is 1.09. The van der Waals surface area contributed by atoms with Gasteiger partial charge in [-0.05, 0) is 19.9 Å². The van der Waals surface area contributed by atoms with Crippen LogP contribution in [0.4, 0.5) is 5.95 Å². The predicted octanol–water partition coefficient (Wildman–Crippen LogP) is 1.00. The normalized spacial score (nSPS) is 10.1. The lowest BCUT2D eigenvalue weighted by atomic mass is 10.3. The smallest absolute Gasteiger partial charge is 0.228 e. The van der Waals surface area contributed by atoms with Gasteiger partial charge in [0, 0.05) is 18.7 Å². The second-order valence-corrected chi connectivity index (χ2v) is 3.74. The maximum atomic E-state index is 8.79. The van der Waals surface area contributed by atoms with E-state index in [1.54, 1.807) is 13.0 Å². The maximum absolute atomic E-state index is 8.79. The van der Waals surface area contributed by atoms with Gasteiger partial charge in [-0.2, -0.15) is 10.2 Å². The number of nitrogens with one attached hydrogen (secondary N) is 1. The van der Waals surface area contributed by atoms with Crippen LogP contribution in [0.15, 0.2) is 10.6 Å². The summed E-state index contributed by atoms with van der Waals surface area (Å²) < 4.78 is 4.98. The van der Waals surface area contributed by atoms with Crippen LogP contribution < -0.4 is 5.32 Å². The van der Waals surface area contributed by atoms with Crippen molar-refractivity contribution in [1.29, 1.82) is 5.26 Å². The highest BCUT2D eigenvalue weighted by Gasteiger charge is 2.04. The van der Waals surface area contributed by atoms with E-state index in [4.69, 9.17) is 9.78 Å². The van der Waals surface area contributed by atoms with E-state index in [-0.39, 0.29) is 0 Å². The molecule has 0 saturated carbocycles. The molecule has 0 aromatic carbocycles. The molecule has 0 bridgehead atoms. The Morgan fingerprint density at radius 2 is 2.17 bits per heavy atom. The molecule has 0 radical (unpaired) electrons. The van der Waals surface area contributed by atoms with E-state index in [0.717, 1.165) is 5.69 Å². The molecule has 1 N–H and O–H groups in total. The van der Waals surface area contributed by atoms with E-state index in [2.05, 4.69) is 25.4 Å². The minimum Gasteiger partial charge on any atom is -0.354 e. The van der Waals surface area contributed by atoms with E-state index in [0.29, 0.717) is 36.3 Å². The Morgan fingerprint density at radius 3 is 2.83 bits per heavy atom. The predicted molar refractivity (Wildman–Crippen MR) is 62.7 cm³/mol. The van der Waals surface area contributed by atoms with Gasteiger partial charge >= 0.3 is 0 Å². The number of anilines is 1. The molecule has 0 spiro atoms. The SMILES string of the molecule is Cc1cc(C#N)nc(NCCc2nc(C)no2)n1. The zero-order valence-electron chi connectivity index (χ0n) is 10.1. The standard InChI is InChI=1S/C11H12N6O/c1-7-5-9(6-12)16-11(14-7)13-4-3-10-15-8(2)17-18-10/h5H,3-4H2,1-2H3,(H,13,14,16). The summed E-state index contributed by atoms with van der Waals surface area (Å²) >= 11 is 0. The summed E-state index contributed by atoms with van der Waals surface area (Å²) in [6.45, 7) is 4.15. The lowest BCUT2D eigenvalue weighted by Gasteiger charge is -2.03. The van der Waals surface area contributed by atoms with Crippen LogP contribution in [0.2, 0.25) is 0 Å². The van der Waals surface area contributed by atoms with Crippen LogP contribution in [-0.2, 0) is 6.42 Å². The van der Waals surface area contributed by atoms with Crippen molar-refractivity contribution in [1.82, 2.24) is 20.1 Å². The number of hydrogen-bond acceptors (Lipinski definition) is 7. The van der Waals surface area contributed by atoms with Crippen molar-refractivity contribution in [3.8, 4) is 6.07 Å². The number of aromatic nitrogens is 4. The highest BCUT2D eigenvalue weighted by atomic mass is 16.5. The first-order valence-electron chi connectivity index (χ1n) is 5.46. The molecule has 7 heteroatoms. The van der Waals surface area contributed by atoms with Gasteiger partial charge < -0.3 is 9.84 Å². The topological polar surface area (TPSA) is 101 Å². The van der Waals surface area contributed by atoms with Crippen molar-refractivity contribution in [2.45, 2.75) is 20.3 Å². The van der Waals surface area contributed by atoms with Crippen molar-refractivity contribution < 1.29 is 4.52 Å². The molecule has 0 amide bonds. The van der Waals surface area contributed by atoms with E-state index in [9.17, 15) is 0 Å². The second-order valence-electron chi connectivity index (χ2n) is 3.74. The van der Waals surface area contributed by atoms with Crippen molar-refractivity contribution >= 4 is 5.95 Å². The Balaban J connectivity index is 1.94. The van der Waals surface area contributed by atoms with Crippen LogP contribution in [0, 0.1) is 25.2 Å². The molecule has 0 aliphatic heterocycles. The van der Waals surface area contributed by atoms with Crippen molar-refractivity contribution in [3.63, 3.8) is 0 Å². The van der Waals surface area contributed by atoms with Crippen LogP contribution in [0.5, 0.6) is 0 Å². The monoisotopic (exact) mass is 244 g/mol. The molecule has 0 unspecified atom stereocenters. The first kappa shape index (κ1) is 12.0. The number of nitrogens with zero attached hydrogens (tertiary/aromatic N) is 5. The quantitative estimate of drug-likeness (QED) is 0.856. The summed E-state index contributed by atoms with van der Waals surface area (Å²) in [6.07, 6.45) is 0.583. The van der Waals surface area contributed by atoms with Gasteiger partial charge in [-0.15, -0.1) is 0 Å². The minimum atomic E-state index is 0.346. The Labute approximate surface area is 104 Å². The first-order chi connectivity index (χ1) is 8.67. The van der Waals surface area contributed by atoms with E-state index in [1.165, 1.54) is 0 Å². The average Bonchev–Trinajstić information content (AvgIpc) is 2.74. The lowest BCUT2D eigenvalue weighted by molar-refractivity contribution is 0.377. The largest absolute Gasteiger partial charge is 0.354 e. The summed E-state index contributed by atoms with van der Waals surface area (Å²) in [4.78, 5) is 12.3. The molecule has 2 heterocycles. The van der Waals surface area contributed by atoms with Crippen LogP contribution in [0.1, 0.15) is 23.1 Å². The molecule has 2 aromatic rings. The summed E-state index contributed by atoms with van der Waals surface area (Å²) in [5, 5.41) is 15.5. The van der Waals surface area contributed by atoms with Crippen molar-refractivity contribution in [2.24, 2.45) is 0 Å². The van der Waals surface area contributed by atoms with E-state index >= 15 is 0 Å². The molecular weight excluding hydrogens is 232 g/mol. The number of hydrogen-bond donors (Lipinski definition) is 1. The van der Waals surface area contributed by atoms with Crippen molar-refractivity contribution in [2.75, 3.05) is 11.9 Å². The van der Waals surface area contributed by atoms with Gasteiger partial charge in [0.25, 0.3) is 0 Å². The molecule has 92 valence electrons. The van der Waals surface area contributed by atoms with Gasteiger partial charge in [-0.3, -0.25) is 0 Å². The zero-order chi connectivity index (χ0) is 13.0. The first-order valence-corrected chi connectivity index (χ1v) is 5.46. The highest BCUT2D eigenvalue weighted by Crippen LogP contribution is 2.04. The summed E-state index contributed by atoms with van der Waals surface area (Å²) in [5.74, 6) is 1.61. The third-order valence-electron chi connectivity index (χ3n) is 2.16. The number of aryl methyl sites for hydroxylation is 2. The van der Waals surface area contributed by atoms with Gasteiger partial charge in [0.05, 0.1) is 0 Å². The molecule has 7 nitrogen and oxygen atoms in total. The second kappa shape index (κ2) is 5.23. The zero-order valence-corrected chi connectivity index (χ0v) is 10.1. The summed E-state index contributed by atoms with van der Waals surface area (Å²) in [7, 11) is 0. The Bertz CT molecular complexity index is 585. The van der Waals surface area contributed by atoms with E-state index < -0.39 is 0 Å². The molecule has 18 heavy (non-hydrogen) atoms. The van der Waals surface area contributed by atoms with E-state index in [1.807, 2.05) is 13.0 Å². The fourth-order valence-corrected chi connectivity index (χ4v) is 1.43. The average molecular weight is 244 g/mol. The molecule has 0 saturated heterocycles. The Hall–Kier alpha value is -2.49. The van der Waals surface area contributed by atoms with Gasteiger partial charge in [0.2, 0.25) is 11.8 Å². The molecule has 0 aliphatic carbocycles. The summed E-state index contributed by atoms with van der Waals surface area (Å²) in [6, 6.07) is 3.62. The van der Waals surface area contributed by atoms with Crippen LogP contribution in [0.25, 0.3) is 0 Å². The Kier molecular flexibility index (Phi) is 3.48. The van der Waals surface area contributed by atoms with Crippen LogP contribution >= 0.6 is 0 Å². The number of rotatable bonds is 4. The van der Waals surface area contributed by atoms with Crippen LogP contribution in [0.3, 0.4) is 0 Å². The molecule has 2 rings (SSSR count). The fraction of sp³-hybridized carbons (Fsp3) is 0.364. The third-order valence-corrected chi connectivity index (χ3v) is 2.16. The van der Waals surface area contributed by atoms with Gasteiger partial charge in [0.15, 0.2) is 5.82 Å². The molecular formula is C11H12N6O. The van der Waals surface area contributed by atoms with Gasteiger partial charge in [-0.1, -0.05) is 5.16 Å². The molecule has 0 aliphatic rings. The Morgan fingerprint density at radius 1 is 1.33 bits per heavy atom. The number of nitriles is 1. The minimum absolute atomic E-state index is 0.346. The van der Waals surface area contributed by atoms with Crippen LogP contribution in [-0.4, -0.2) is 26.7 Å². The maximum Gasteiger partial charge on any atom is 0.228 e. The fourth-order valence-electron chi connectivity index (χ4n) is 1.43.